The highest BCUT2D eigenvalue weighted by molar-refractivity contribution is 7.90. The molecule has 0 heterocycles. The van der Waals surface area contributed by atoms with Crippen molar-refractivity contribution in [2.75, 3.05) is 12.0 Å². The number of rotatable bonds is 4. The fourth-order valence-corrected chi connectivity index (χ4v) is 3.94. The van der Waals surface area contributed by atoms with Crippen LogP contribution in [0.3, 0.4) is 0 Å². The summed E-state index contributed by atoms with van der Waals surface area (Å²) >= 11 is 0. The average molecular weight is 281 g/mol. The molecule has 0 radical (unpaired) electrons. The van der Waals surface area contributed by atoms with Crippen LogP contribution in [0, 0.1) is 0 Å². The molecule has 1 N–H and O–H groups in total. The Hall–Kier alpha value is -0.870. The van der Waals surface area contributed by atoms with E-state index >= 15 is 0 Å². The fourth-order valence-electron chi connectivity index (χ4n) is 2.94. The third-order valence-corrected chi connectivity index (χ3v) is 4.76. The molecule has 0 saturated carbocycles. The van der Waals surface area contributed by atoms with Crippen molar-refractivity contribution in [3.05, 3.63) is 35.4 Å². The number of fused-ring (bicyclic) bond motifs is 1. The first-order chi connectivity index (χ1) is 8.96. The van der Waals surface area contributed by atoms with Gasteiger partial charge in [0.05, 0.1) is 5.75 Å². The summed E-state index contributed by atoms with van der Waals surface area (Å²) in [6.45, 7) is 1.95. The van der Waals surface area contributed by atoms with Gasteiger partial charge in [0.25, 0.3) is 0 Å². The standard InChI is InChI=1S/C15H23NO2S/c1-12(11-19(2,17)18)16-15-10-6-4-8-13-7-3-5-9-14(13)15/h3,5,7,9,12,15-16H,4,6,8,10-11H2,1-2H3. The Kier molecular flexibility index (Phi) is 4.63. The second-order valence-corrected chi connectivity index (χ2v) is 7.84. The van der Waals surface area contributed by atoms with Gasteiger partial charge in [-0.15, -0.1) is 0 Å². The summed E-state index contributed by atoms with van der Waals surface area (Å²) in [5.74, 6) is 0.200. The highest BCUT2D eigenvalue weighted by Gasteiger charge is 2.21. The molecule has 2 rings (SSSR count). The maximum atomic E-state index is 11.4. The predicted octanol–water partition coefficient (Wildman–Crippen LogP) is 2.48. The van der Waals surface area contributed by atoms with Gasteiger partial charge in [0.15, 0.2) is 0 Å². The summed E-state index contributed by atoms with van der Waals surface area (Å²) in [7, 11) is -2.92. The molecule has 0 spiro atoms. The van der Waals surface area contributed by atoms with Crippen molar-refractivity contribution in [2.24, 2.45) is 0 Å². The maximum absolute atomic E-state index is 11.4. The van der Waals surface area contributed by atoms with Gasteiger partial charge in [-0.2, -0.15) is 0 Å². The first kappa shape index (κ1) is 14.5. The molecule has 106 valence electrons. The van der Waals surface area contributed by atoms with E-state index in [4.69, 9.17) is 0 Å². The van der Waals surface area contributed by atoms with Crippen molar-refractivity contribution < 1.29 is 8.42 Å². The zero-order valence-electron chi connectivity index (χ0n) is 11.7. The van der Waals surface area contributed by atoms with Gasteiger partial charge in [0.2, 0.25) is 0 Å². The number of aryl methyl sites for hydroxylation is 1. The van der Waals surface area contributed by atoms with Gasteiger partial charge in [-0.1, -0.05) is 30.7 Å². The van der Waals surface area contributed by atoms with Crippen LogP contribution in [0.4, 0.5) is 0 Å². The van der Waals surface area contributed by atoms with E-state index in [9.17, 15) is 8.42 Å². The van der Waals surface area contributed by atoms with E-state index in [1.807, 2.05) is 6.92 Å². The second kappa shape index (κ2) is 6.06. The lowest BCUT2D eigenvalue weighted by molar-refractivity contribution is 0.445. The Balaban J connectivity index is 2.12. The number of nitrogens with one attached hydrogen (secondary N) is 1. The predicted molar refractivity (Wildman–Crippen MR) is 79.0 cm³/mol. The quantitative estimate of drug-likeness (QED) is 0.862. The molecule has 0 amide bonds. The lowest BCUT2D eigenvalue weighted by atomic mass is 9.98. The van der Waals surface area contributed by atoms with Gasteiger partial charge >= 0.3 is 0 Å². The summed E-state index contributed by atoms with van der Waals surface area (Å²) in [6, 6.07) is 8.80. The van der Waals surface area contributed by atoms with E-state index in [0.717, 1.165) is 12.8 Å². The highest BCUT2D eigenvalue weighted by Crippen LogP contribution is 2.28. The van der Waals surface area contributed by atoms with Crippen molar-refractivity contribution in [3.8, 4) is 0 Å². The first-order valence-electron chi connectivity index (χ1n) is 6.97. The molecule has 19 heavy (non-hydrogen) atoms. The van der Waals surface area contributed by atoms with Crippen LogP contribution in [0.25, 0.3) is 0 Å². The Morgan fingerprint density at radius 2 is 2.05 bits per heavy atom. The minimum absolute atomic E-state index is 0.00819. The molecule has 0 aromatic heterocycles. The summed E-state index contributed by atoms with van der Waals surface area (Å²) < 4.78 is 22.7. The molecule has 0 saturated heterocycles. The molecule has 2 unspecified atom stereocenters. The first-order valence-corrected chi connectivity index (χ1v) is 9.03. The van der Waals surface area contributed by atoms with Crippen LogP contribution < -0.4 is 5.32 Å². The molecule has 2 atom stereocenters. The molecule has 0 aliphatic heterocycles. The number of sulfone groups is 1. The highest BCUT2D eigenvalue weighted by atomic mass is 32.2. The minimum Gasteiger partial charge on any atom is -0.306 e. The van der Waals surface area contributed by atoms with Gasteiger partial charge in [-0.05, 0) is 37.3 Å². The Morgan fingerprint density at radius 3 is 2.79 bits per heavy atom. The van der Waals surface area contributed by atoms with Gasteiger partial charge in [-0.3, -0.25) is 0 Å². The zero-order valence-corrected chi connectivity index (χ0v) is 12.5. The van der Waals surface area contributed by atoms with E-state index in [1.54, 1.807) is 0 Å². The van der Waals surface area contributed by atoms with E-state index < -0.39 is 9.84 Å². The fraction of sp³-hybridized carbons (Fsp3) is 0.600. The van der Waals surface area contributed by atoms with Crippen LogP contribution >= 0.6 is 0 Å². The van der Waals surface area contributed by atoms with Crippen LogP contribution in [0.1, 0.15) is 43.4 Å². The lowest BCUT2D eigenvalue weighted by Gasteiger charge is -2.23. The molecule has 1 aromatic carbocycles. The molecule has 0 bridgehead atoms. The van der Waals surface area contributed by atoms with E-state index in [-0.39, 0.29) is 17.8 Å². The average Bonchev–Trinajstić information content (AvgIpc) is 2.50. The minimum atomic E-state index is -2.92. The van der Waals surface area contributed by atoms with Crippen molar-refractivity contribution in [1.82, 2.24) is 5.32 Å². The maximum Gasteiger partial charge on any atom is 0.148 e. The van der Waals surface area contributed by atoms with Gasteiger partial charge < -0.3 is 5.32 Å². The number of hydrogen-bond acceptors (Lipinski definition) is 3. The second-order valence-electron chi connectivity index (χ2n) is 5.66. The Labute approximate surface area is 116 Å². The van der Waals surface area contributed by atoms with Crippen LogP contribution in [0.2, 0.25) is 0 Å². The zero-order chi connectivity index (χ0) is 13.9. The van der Waals surface area contributed by atoms with Crippen LogP contribution in [-0.2, 0) is 16.3 Å². The van der Waals surface area contributed by atoms with E-state index in [1.165, 1.54) is 30.2 Å². The van der Waals surface area contributed by atoms with Crippen molar-refractivity contribution in [1.29, 1.82) is 0 Å². The molecule has 1 aliphatic carbocycles. The van der Waals surface area contributed by atoms with Crippen molar-refractivity contribution in [2.45, 2.75) is 44.7 Å². The van der Waals surface area contributed by atoms with Crippen LogP contribution in [-0.4, -0.2) is 26.5 Å². The molecular weight excluding hydrogens is 258 g/mol. The molecule has 3 nitrogen and oxygen atoms in total. The molecule has 1 aliphatic rings. The Morgan fingerprint density at radius 1 is 1.32 bits per heavy atom. The molecule has 4 heteroatoms. The SMILES string of the molecule is CC(CS(C)(=O)=O)NC1CCCCc2ccccc21. The number of benzene rings is 1. The summed E-state index contributed by atoms with van der Waals surface area (Å²) in [4.78, 5) is 0. The van der Waals surface area contributed by atoms with Gasteiger partial charge in [0.1, 0.15) is 9.84 Å². The van der Waals surface area contributed by atoms with E-state index in [2.05, 4.69) is 29.6 Å². The largest absolute Gasteiger partial charge is 0.306 e. The smallest absolute Gasteiger partial charge is 0.148 e. The third kappa shape index (κ3) is 4.32. The van der Waals surface area contributed by atoms with E-state index in [0.29, 0.717) is 0 Å². The number of hydrogen-bond donors (Lipinski definition) is 1. The summed E-state index contributed by atoms with van der Waals surface area (Å²) in [6.07, 6.45) is 5.93. The van der Waals surface area contributed by atoms with Crippen LogP contribution in [0.15, 0.2) is 24.3 Å². The normalized spacial score (nSPS) is 21.5. The molecule has 1 aromatic rings. The van der Waals surface area contributed by atoms with Crippen molar-refractivity contribution in [3.63, 3.8) is 0 Å². The topological polar surface area (TPSA) is 46.2 Å². The monoisotopic (exact) mass is 281 g/mol. The lowest BCUT2D eigenvalue weighted by Crippen LogP contribution is -2.35. The third-order valence-electron chi connectivity index (χ3n) is 3.66. The summed E-state index contributed by atoms with van der Waals surface area (Å²) in [5.41, 5.74) is 2.75. The molecule has 0 fully saturated rings. The van der Waals surface area contributed by atoms with Crippen LogP contribution in [0.5, 0.6) is 0 Å². The van der Waals surface area contributed by atoms with Gasteiger partial charge in [0, 0.05) is 18.3 Å². The summed E-state index contributed by atoms with van der Waals surface area (Å²) in [5, 5.41) is 3.49. The van der Waals surface area contributed by atoms with Gasteiger partial charge in [-0.25, -0.2) is 8.42 Å². The Bertz CT molecular complexity index is 525. The van der Waals surface area contributed by atoms with Crippen molar-refractivity contribution >= 4 is 9.84 Å². The molecular formula is C15H23NO2S.